The molecule has 0 aliphatic rings. The molecule has 0 aliphatic heterocycles. The normalized spacial score (nSPS) is 10.5. The zero-order chi connectivity index (χ0) is 13.8. The molecule has 2 rings (SSSR count). The van der Waals surface area contributed by atoms with Crippen LogP contribution in [0.2, 0.25) is 0 Å². The maximum Gasteiger partial charge on any atom is 0.315 e. The highest BCUT2D eigenvalue weighted by atomic mass is 19.1. The average molecular weight is 264 g/mol. The van der Waals surface area contributed by atoms with Crippen LogP contribution in [-0.2, 0) is 16.0 Å². The van der Waals surface area contributed by atoms with Gasteiger partial charge in [0.25, 0.3) is 0 Å². The van der Waals surface area contributed by atoms with E-state index in [0.717, 1.165) is 5.56 Å². The number of nitrogens with zero attached hydrogens (tertiary/aromatic N) is 2. The SMILES string of the molecule is CCOC(=O)Cc1nc(-c2cc(C)cc(F)c2)no1. The molecule has 0 bridgehead atoms. The number of halogens is 1. The Labute approximate surface area is 109 Å². The van der Waals surface area contributed by atoms with Crippen LogP contribution in [0.5, 0.6) is 0 Å². The molecule has 0 saturated carbocycles. The Morgan fingerprint density at radius 1 is 1.42 bits per heavy atom. The number of carbonyl (C=O) groups excluding carboxylic acids is 1. The molecule has 0 fully saturated rings. The first-order chi connectivity index (χ1) is 9.08. The van der Waals surface area contributed by atoms with Crippen molar-refractivity contribution < 1.29 is 18.4 Å². The molecular weight excluding hydrogens is 251 g/mol. The van der Waals surface area contributed by atoms with Crippen LogP contribution in [0.4, 0.5) is 4.39 Å². The van der Waals surface area contributed by atoms with E-state index >= 15 is 0 Å². The van der Waals surface area contributed by atoms with Crippen LogP contribution in [-0.4, -0.2) is 22.7 Å². The van der Waals surface area contributed by atoms with Gasteiger partial charge in [-0.25, -0.2) is 4.39 Å². The molecule has 0 unspecified atom stereocenters. The lowest BCUT2D eigenvalue weighted by Crippen LogP contribution is -2.07. The number of aryl methyl sites for hydroxylation is 1. The van der Waals surface area contributed by atoms with Crippen molar-refractivity contribution in [2.45, 2.75) is 20.3 Å². The van der Waals surface area contributed by atoms with Gasteiger partial charge < -0.3 is 9.26 Å². The Kier molecular flexibility index (Phi) is 3.89. The summed E-state index contributed by atoms with van der Waals surface area (Å²) in [5.41, 5.74) is 1.27. The molecule has 0 spiro atoms. The van der Waals surface area contributed by atoms with Gasteiger partial charge in [0.05, 0.1) is 6.61 Å². The predicted octanol–water partition coefficient (Wildman–Crippen LogP) is 2.29. The highest BCUT2D eigenvalue weighted by Gasteiger charge is 2.13. The van der Waals surface area contributed by atoms with Gasteiger partial charge in [-0.15, -0.1) is 0 Å². The van der Waals surface area contributed by atoms with Gasteiger partial charge in [0, 0.05) is 5.56 Å². The molecular formula is C13H13FN2O3. The first-order valence-electron chi connectivity index (χ1n) is 5.84. The third-order valence-corrected chi connectivity index (χ3v) is 2.37. The van der Waals surface area contributed by atoms with Crippen molar-refractivity contribution in [2.24, 2.45) is 0 Å². The largest absolute Gasteiger partial charge is 0.466 e. The summed E-state index contributed by atoms with van der Waals surface area (Å²) >= 11 is 0. The highest BCUT2D eigenvalue weighted by Crippen LogP contribution is 2.19. The maximum absolute atomic E-state index is 13.3. The van der Waals surface area contributed by atoms with Gasteiger partial charge in [0.2, 0.25) is 11.7 Å². The minimum Gasteiger partial charge on any atom is -0.466 e. The molecule has 0 amide bonds. The van der Waals surface area contributed by atoms with E-state index in [2.05, 4.69) is 10.1 Å². The molecule has 19 heavy (non-hydrogen) atoms. The summed E-state index contributed by atoms with van der Waals surface area (Å²) in [4.78, 5) is 15.3. The molecule has 1 aromatic heterocycles. The van der Waals surface area contributed by atoms with Gasteiger partial charge in [-0.2, -0.15) is 4.98 Å². The van der Waals surface area contributed by atoms with Gasteiger partial charge in [0.1, 0.15) is 12.2 Å². The van der Waals surface area contributed by atoms with Gasteiger partial charge >= 0.3 is 5.97 Å². The molecule has 2 aromatic rings. The number of rotatable bonds is 4. The first kappa shape index (κ1) is 13.2. The molecule has 0 N–H and O–H groups in total. The lowest BCUT2D eigenvalue weighted by Gasteiger charge is -1.98. The van der Waals surface area contributed by atoms with Crippen LogP contribution in [0.3, 0.4) is 0 Å². The van der Waals surface area contributed by atoms with E-state index in [1.807, 2.05) is 0 Å². The van der Waals surface area contributed by atoms with E-state index in [1.165, 1.54) is 12.1 Å². The molecule has 0 atom stereocenters. The van der Waals surface area contributed by atoms with Gasteiger partial charge in [0.15, 0.2) is 0 Å². The van der Waals surface area contributed by atoms with Crippen LogP contribution in [0.15, 0.2) is 22.7 Å². The second-order valence-electron chi connectivity index (χ2n) is 4.01. The van der Waals surface area contributed by atoms with Gasteiger partial charge in [-0.3, -0.25) is 4.79 Å². The molecule has 1 heterocycles. The minimum absolute atomic E-state index is 0.0882. The van der Waals surface area contributed by atoms with Gasteiger partial charge in [-0.1, -0.05) is 5.16 Å². The van der Waals surface area contributed by atoms with Crippen molar-refractivity contribution in [3.8, 4) is 11.4 Å². The van der Waals surface area contributed by atoms with E-state index in [0.29, 0.717) is 12.2 Å². The zero-order valence-corrected chi connectivity index (χ0v) is 10.6. The number of esters is 1. The number of benzene rings is 1. The van der Waals surface area contributed by atoms with E-state index in [-0.39, 0.29) is 24.0 Å². The molecule has 0 saturated heterocycles. The topological polar surface area (TPSA) is 65.2 Å². The Bertz CT molecular complexity index is 575. The van der Waals surface area contributed by atoms with Crippen LogP contribution < -0.4 is 0 Å². The Morgan fingerprint density at radius 2 is 2.21 bits per heavy atom. The Balaban J connectivity index is 2.18. The summed E-state index contributed by atoms with van der Waals surface area (Å²) in [6, 6.07) is 4.46. The summed E-state index contributed by atoms with van der Waals surface area (Å²) in [5.74, 6) is -0.405. The number of hydrogen-bond acceptors (Lipinski definition) is 5. The fraction of sp³-hybridized carbons (Fsp3) is 0.308. The maximum atomic E-state index is 13.3. The standard InChI is InChI=1S/C13H13FN2O3/c1-3-18-12(17)7-11-15-13(16-19-11)9-4-8(2)5-10(14)6-9/h4-6H,3,7H2,1-2H3. The second kappa shape index (κ2) is 5.60. The van der Waals surface area contributed by atoms with Crippen molar-refractivity contribution in [2.75, 3.05) is 6.61 Å². The number of ether oxygens (including phenoxy) is 1. The lowest BCUT2D eigenvalue weighted by atomic mass is 10.1. The molecule has 0 radical (unpaired) electrons. The predicted molar refractivity (Wildman–Crippen MR) is 64.8 cm³/mol. The second-order valence-corrected chi connectivity index (χ2v) is 4.01. The van der Waals surface area contributed by atoms with Crippen LogP contribution >= 0.6 is 0 Å². The van der Waals surface area contributed by atoms with Crippen molar-refractivity contribution in [3.63, 3.8) is 0 Å². The fourth-order valence-electron chi connectivity index (χ4n) is 1.64. The van der Waals surface area contributed by atoms with Crippen LogP contribution in [0, 0.1) is 12.7 Å². The summed E-state index contributed by atoms with van der Waals surface area (Å²) in [6.07, 6.45) is -0.0882. The molecule has 1 aromatic carbocycles. The highest BCUT2D eigenvalue weighted by molar-refractivity contribution is 5.71. The summed E-state index contributed by atoms with van der Waals surface area (Å²) in [7, 11) is 0. The third-order valence-electron chi connectivity index (χ3n) is 2.37. The number of hydrogen-bond donors (Lipinski definition) is 0. The Morgan fingerprint density at radius 3 is 2.89 bits per heavy atom. The van der Waals surface area contributed by atoms with E-state index < -0.39 is 5.97 Å². The molecule has 5 nitrogen and oxygen atoms in total. The Hall–Kier alpha value is -2.24. The zero-order valence-electron chi connectivity index (χ0n) is 10.6. The van der Waals surface area contributed by atoms with Gasteiger partial charge in [-0.05, 0) is 37.6 Å². The monoisotopic (exact) mass is 264 g/mol. The quantitative estimate of drug-likeness (QED) is 0.793. The van der Waals surface area contributed by atoms with E-state index in [4.69, 9.17) is 9.26 Å². The van der Waals surface area contributed by atoms with Crippen LogP contribution in [0.1, 0.15) is 18.4 Å². The van der Waals surface area contributed by atoms with E-state index in [1.54, 1.807) is 19.9 Å². The first-order valence-corrected chi connectivity index (χ1v) is 5.84. The number of aromatic nitrogens is 2. The lowest BCUT2D eigenvalue weighted by molar-refractivity contribution is -0.142. The molecule has 100 valence electrons. The van der Waals surface area contributed by atoms with Crippen molar-refractivity contribution >= 4 is 5.97 Å². The summed E-state index contributed by atoms with van der Waals surface area (Å²) < 4.78 is 23.0. The number of carbonyl (C=O) groups is 1. The summed E-state index contributed by atoms with van der Waals surface area (Å²) in [6.45, 7) is 3.78. The van der Waals surface area contributed by atoms with Crippen molar-refractivity contribution in [3.05, 3.63) is 35.5 Å². The third kappa shape index (κ3) is 3.37. The minimum atomic E-state index is -0.437. The van der Waals surface area contributed by atoms with Crippen molar-refractivity contribution in [1.82, 2.24) is 10.1 Å². The average Bonchev–Trinajstić information content (AvgIpc) is 2.76. The van der Waals surface area contributed by atoms with Crippen LogP contribution in [0.25, 0.3) is 11.4 Å². The fourth-order valence-corrected chi connectivity index (χ4v) is 1.64. The van der Waals surface area contributed by atoms with Crippen molar-refractivity contribution in [1.29, 1.82) is 0 Å². The van der Waals surface area contributed by atoms with E-state index in [9.17, 15) is 9.18 Å². The molecule has 0 aliphatic carbocycles. The summed E-state index contributed by atoms with van der Waals surface area (Å²) in [5, 5.41) is 3.72. The molecule has 6 heteroatoms. The smallest absolute Gasteiger partial charge is 0.315 e.